The van der Waals surface area contributed by atoms with Crippen molar-refractivity contribution in [2.24, 2.45) is 0 Å². The summed E-state index contributed by atoms with van der Waals surface area (Å²) in [5.74, 6) is -1.94. The summed E-state index contributed by atoms with van der Waals surface area (Å²) < 4.78 is 29.7. The molecule has 1 N–H and O–H groups in total. The number of carbonyl (C=O) groups is 1. The fraction of sp³-hybridized carbons (Fsp3) is 0.227. The summed E-state index contributed by atoms with van der Waals surface area (Å²) in [4.78, 5) is 28.1. The number of thiophene rings is 1. The summed E-state index contributed by atoms with van der Waals surface area (Å²) in [7, 11) is 0. The molecule has 0 radical (unpaired) electrons. The Morgan fingerprint density at radius 2 is 1.97 bits per heavy atom. The van der Waals surface area contributed by atoms with Crippen LogP contribution in [0.25, 0.3) is 10.4 Å². The number of hydrogen-bond donors (Lipinski definition) is 1. The van der Waals surface area contributed by atoms with E-state index in [1.165, 1.54) is 46.0 Å². The van der Waals surface area contributed by atoms with Crippen molar-refractivity contribution in [3.05, 3.63) is 83.3 Å². The molecule has 0 bridgehead atoms. The van der Waals surface area contributed by atoms with Gasteiger partial charge in [0, 0.05) is 41.0 Å². The van der Waals surface area contributed by atoms with Gasteiger partial charge in [0.15, 0.2) is 0 Å². The van der Waals surface area contributed by atoms with Gasteiger partial charge in [-0.2, -0.15) is 5.10 Å². The van der Waals surface area contributed by atoms with Crippen molar-refractivity contribution in [2.45, 2.75) is 31.7 Å². The Hall–Kier alpha value is -3.57. The molecule has 0 unspecified atom stereocenters. The Bertz CT molecular complexity index is 1310. The Kier molecular flexibility index (Phi) is 5.22. The largest absolute Gasteiger partial charge is 0.381 e. The molecule has 0 fully saturated rings. The van der Waals surface area contributed by atoms with Gasteiger partial charge in [-0.3, -0.25) is 4.79 Å². The highest BCUT2D eigenvalue weighted by Crippen LogP contribution is 2.40. The summed E-state index contributed by atoms with van der Waals surface area (Å²) in [5.41, 5.74) is -0.415. The van der Waals surface area contributed by atoms with Crippen molar-refractivity contribution in [1.82, 2.24) is 29.6 Å². The zero-order valence-corrected chi connectivity index (χ0v) is 18.2. The zero-order chi connectivity index (χ0) is 23.2. The molecule has 1 amide bonds. The predicted molar refractivity (Wildman–Crippen MR) is 115 cm³/mol. The van der Waals surface area contributed by atoms with Gasteiger partial charge in [0.05, 0.1) is 17.5 Å². The predicted octanol–water partition coefficient (Wildman–Crippen LogP) is 3.01. The van der Waals surface area contributed by atoms with Crippen LogP contribution in [0.4, 0.5) is 8.78 Å². The quantitative estimate of drug-likeness (QED) is 0.467. The normalized spacial score (nSPS) is 16.0. The minimum Gasteiger partial charge on any atom is -0.381 e. The second-order valence-corrected chi connectivity index (χ2v) is 8.89. The first-order valence-corrected chi connectivity index (χ1v) is 10.9. The number of carbonyl (C=O) groups excluding carboxylic acids is 1. The van der Waals surface area contributed by atoms with E-state index in [1.807, 2.05) is 6.07 Å². The van der Waals surface area contributed by atoms with Crippen LogP contribution in [0.1, 0.15) is 27.7 Å². The second-order valence-electron chi connectivity index (χ2n) is 7.84. The lowest BCUT2D eigenvalue weighted by molar-refractivity contribution is -0.0556. The van der Waals surface area contributed by atoms with Crippen LogP contribution in [-0.4, -0.2) is 46.7 Å². The Labute approximate surface area is 191 Å². The number of aromatic nitrogens is 5. The monoisotopic (exact) mass is 468 g/mol. The van der Waals surface area contributed by atoms with Crippen LogP contribution in [0.3, 0.4) is 0 Å². The number of halogens is 2. The number of nitrogens with zero attached hydrogens (tertiary/aromatic N) is 6. The number of benzene rings is 1. The van der Waals surface area contributed by atoms with E-state index in [0.717, 1.165) is 22.1 Å². The highest BCUT2D eigenvalue weighted by molar-refractivity contribution is 7.17. The van der Waals surface area contributed by atoms with Gasteiger partial charge < -0.3 is 10.0 Å². The van der Waals surface area contributed by atoms with Crippen LogP contribution in [0.15, 0.2) is 55.6 Å². The van der Waals surface area contributed by atoms with E-state index in [-0.39, 0.29) is 24.6 Å². The highest BCUT2D eigenvalue weighted by Gasteiger charge is 2.46. The average molecular weight is 468 g/mol. The highest BCUT2D eigenvalue weighted by atomic mass is 32.1. The van der Waals surface area contributed by atoms with E-state index in [1.54, 1.807) is 19.3 Å². The fourth-order valence-corrected chi connectivity index (χ4v) is 5.20. The van der Waals surface area contributed by atoms with Gasteiger partial charge in [-0.15, -0.1) is 11.3 Å². The molecule has 3 aromatic heterocycles. The minimum atomic E-state index is -1.90. The molecule has 4 heterocycles. The Morgan fingerprint density at radius 3 is 2.64 bits per heavy atom. The van der Waals surface area contributed by atoms with Gasteiger partial charge in [0.25, 0.3) is 5.91 Å². The number of aliphatic hydroxyl groups is 1. The fourth-order valence-electron chi connectivity index (χ4n) is 4.10. The van der Waals surface area contributed by atoms with Crippen LogP contribution in [-0.2, 0) is 18.7 Å². The summed E-state index contributed by atoms with van der Waals surface area (Å²) in [6, 6.07) is 4.02. The maximum absolute atomic E-state index is 14.8. The van der Waals surface area contributed by atoms with Gasteiger partial charge in [-0.05, 0) is 24.6 Å². The van der Waals surface area contributed by atoms with Crippen molar-refractivity contribution in [2.75, 3.05) is 0 Å². The molecule has 8 nitrogen and oxygen atoms in total. The summed E-state index contributed by atoms with van der Waals surface area (Å²) >= 11 is 1.32. The average Bonchev–Trinajstić information content (AvgIpc) is 3.52. The molecule has 0 spiro atoms. The molecule has 2 atom stereocenters. The SMILES string of the molecule is C[C@@H](N1Cc2cc(-c3cncnc3)sc2C1=O)[C@](O)(Cn1cncn1)c1ccc(F)cc1F. The Balaban J connectivity index is 1.49. The number of rotatable bonds is 6. The van der Waals surface area contributed by atoms with E-state index < -0.39 is 23.3 Å². The van der Waals surface area contributed by atoms with E-state index in [0.29, 0.717) is 10.9 Å². The third kappa shape index (κ3) is 3.68. The molecule has 4 aromatic rings. The molecule has 11 heteroatoms. The van der Waals surface area contributed by atoms with E-state index in [9.17, 15) is 18.7 Å². The van der Waals surface area contributed by atoms with Crippen LogP contribution in [0, 0.1) is 11.6 Å². The summed E-state index contributed by atoms with van der Waals surface area (Å²) in [6.45, 7) is 1.70. The summed E-state index contributed by atoms with van der Waals surface area (Å²) in [6.07, 6.45) is 7.46. The first-order chi connectivity index (χ1) is 15.9. The number of fused-ring (bicyclic) bond motifs is 1. The van der Waals surface area contributed by atoms with E-state index >= 15 is 0 Å². The molecular formula is C22H18F2N6O2S. The van der Waals surface area contributed by atoms with Crippen molar-refractivity contribution in [1.29, 1.82) is 0 Å². The molecule has 0 saturated carbocycles. The van der Waals surface area contributed by atoms with Crippen molar-refractivity contribution in [3.63, 3.8) is 0 Å². The lowest BCUT2D eigenvalue weighted by atomic mass is 9.85. The number of hydrogen-bond acceptors (Lipinski definition) is 7. The van der Waals surface area contributed by atoms with Gasteiger partial charge >= 0.3 is 0 Å². The maximum atomic E-state index is 14.8. The summed E-state index contributed by atoms with van der Waals surface area (Å²) in [5, 5.41) is 15.8. The lowest BCUT2D eigenvalue weighted by Crippen LogP contribution is -2.52. The molecule has 1 aromatic carbocycles. The lowest BCUT2D eigenvalue weighted by Gasteiger charge is -2.39. The molecule has 1 aliphatic heterocycles. The first-order valence-electron chi connectivity index (χ1n) is 10.1. The Morgan fingerprint density at radius 1 is 1.18 bits per heavy atom. The first kappa shape index (κ1) is 21.3. The topological polar surface area (TPSA) is 97.0 Å². The number of amides is 1. The van der Waals surface area contributed by atoms with Gasteiger partial charge in [-0.25, -0.2) is 28.4 Å². The van der Waals surface area contributed by atoms with Crippen LogP contribution >= 0.6 is 11.3 Å². The minimum absolute atomic E-state index is 0.128. The van der Waals surface area contributed by atoms with Crippen molar-refractivity contribution < 1.29 is 18.7 Å². The van der Waals surface area contributed by atoms with Crippen LogP contribution in [0.5, 0.6) is 0 Å². The van der Waals surface area contributed by atoms with E-state index in [2.05, 4.69) is 20.1 Å². The van der Waals surface area contributed by atoms with Gasteiger partial charge in [0.1, 0.15) is 36.2 Å². The molecule has 5 rings (SSSR count). The molecule has 1 aliphatic rings. The smallest absolute Gasteiger partial charge is 0.264 e. The van der Waals surface area contributed by atoms with Crippen LogP contribution < -0.4 is 0 Å². The molecule has 33 heavy (non-hydrogen) atoms. The standard InChI is InChI=1S/C22H18F2N6O2S/c1-13(22(32,9-29-12-27-11-28-29)17-3-2-16(23)5-18(17)24)30-8-14-4-19(33-20(14)21(30)31)15-6-25-10-26-7-15/h2-7,10-13,32H,8-9H2,1H3/t13-,22-/m1/s1. The molecule has 0 saturated heterocycles. The molecule has 0 aliphatic carbocycles. The molecule has 168 valence electrons. The third-order valence-corrected chi connectivity index (χ3v) is 7.09. The third-order valence-electron chi connectivity index (χ3n) is 5.88. The van der Waals surface area contributed by atoms with Crippen LogP contribution in [0.2, 0.25) is 0 Å². The van der Waals surface area contributed by atoms with Crippen molar-refractivity contribution >= 4 is 17.2 Å². The second kappa shape index (κ2) is 8.09. The zero-order valence-electron chi connectivity index (χ0n) is 17.4. The molecular weight excluding hydrogens is 450 g/mol. The maximum Gasteiger partial charge on any atom is 0.264 e. The van der Waals surface area contributed by atoms with Crippen molar-refractivity contribution in [3.8, 4) is 10.4 Å². The van der Waals surface area contributed by atoms with E-state index in [4.69, 9.17) is 0 Å². The van der Waals surface area contributed by atoms with Gasteiger partial charge in [0.2, 0.25) is 0 Å². The van der Waals surface area contributed by atoms with Gasteiger partial charge in [-0.1, -0.05) is 6.07 Å².